The molecule has 44 heavy (non-hydrogen) atoms. The first kappa shape index (κ1) is 31.4. The van der Waals surface area contributed by atoms with Crippen molar-refractivity contribution in [3.05, 3.63) is 102 Å². The van der Waals surface area contributed by atoms with E-state index in [1.54, 1.807) is 4.90 Å². The number of aromatic nitrogens is 2. The van der Waals surface area contributed by atoms with Crippen molar-refractivity contribution in [3.8, 4) is 0 Å². The molecule has 2 heterocycles. The first-order chi connectivity index (χ1) is 21.2. The molecule has 0 bridgehead atoms. The van der Waals surface area contributed by atoms with E-state index in [0.29, 0.717) is 38.9 Å². The molecule has 0 N–H and O–H groups in total. The third-order valence-corrected chi connectivity index (χ3v) is 7.81. The van der Waals surface area contributed by atoms with Gasteiger partial charge in [0, 0.05) is 45.1 Å². The number of rotatable bonds is 11. The first-order valence-corrected chi connectivity index (χ1v) is 15.5. The number of anilines is 1. The van der Waals surface area contributed by atoms with E-state index >= 15 is 0 Å². The van der Waals surface area contributed by atoms with Crippen LogP contribution in [-0.4, -0.2) is 66.0 Å². The Morgan fingerprint density at radius 3 is 2.41 bits per heavy atom. The molecule has 1 aliphatic rings. The number of hydrogen-bond acceptors (Lipinski definition) is 7. The highest BCUT2D eigenvalue weighted by Gasteiger charge is 2.35. The number of hydrogen-bond donors (Lipinski definition) is 0. The van der Waals surface area contributed by atoms with Gasteiger partial charge in [-0.1, -0.05) is 66.7 Å². The normalized spacial score (nSPS) is 17.0. The molecule has 1 aliphatic heterocycles. The van der Waals surface area contributed by atoms with Crippen LogP contribution in [0.2, 0.25) is 0 Å². The Labute approximate surface area is 261 Å². The van der Waals surface area contributed by atoms with Gasteiger partial charge >= 0.3 is 6.09 Å². The van der Waals surface area contributed by atoms with Crippen molar-refractivity contribution in [3.63, 3.8) is 0 Å². The number of piperidine rings is 1. The third-order valence-electron chi connectivity index (χ3n) is 7.81. The lowest BCUT2D eigenvalue weighted by molar-refractivity contribution is -0.0360. The summed E-state index contributed by atoms with van der Waals surface area (Å²) in [5.41, 5.74) is 2.73. The van der Waals surface area contributed by atoms with Crippen molar-refractivity contribution in [2.45, 2.75) is 64.4 Å². The van der Waals surface area contributed by atoms with Crippen LogP contribution in [0.1, 0.15) is 56.2 Å². The minimum Gasteiger partial charge on any atom is -0.444 e. The van der Waals surface area contributed by atoms with Crippen molar-refractivity contribution in [2.75, 3.05) is 38.2 Å². The minimum absolute atomic E-state index is 0.0554. The topological polar surface area (TPSA) is 77.0 Å². The van der Waals surface area contributed by atoms with Crippen molar-refractivity contribution in [1.29, 1.82) is 0 Å². The number of fused-ring (bicyclic) bond motifs is 1. The maximum atomic E-state index is 13.0. The van der Waals surface area contributed by atoms with Crippen molar-refractivity contribution in [1.82, 2.24) is 14.9 Å². The molecule has 0 spiro atoms. The lowest BCUT2D eigenvalue weighted by atomic mass is 9.88. The van der Waals surface area contributed by atoms with Crippen molar-refractivity contribution < 1.29 is 19.0 Å². The molecule has 2 unspecified atom stereocenters. The largest absolute Gasteiger partial charge is 0.444 e. The quantitative estimate of drug-likeness (QED) is 0.173. The zero-order chi connectivity index (χ0) is 30.9. The Kier molecular flexibility index (Phi) is 10.5. The summed E-state index contributed by atoms with van der Waals surface area (Å²) in [6, 6.07) is 24.9. The van der Waals surface area contributed by atoms with E-state index in [2.05, 4.69) is 47.4 Å². The molecule has 0 radical (unpaired) electrons. The van der Waals surface area contributed by atoms with Gasteiger partial charge in [0.15, 0.2) is 0 Å². The fourth-order valence-corrected chi connectivity index (χ4v) is 5.48. The smallest absolute Gasteiger partial charge is 0.410 e. The molecule has 0 saturated carbocycles. The lowest BCUT2D eigenvalue weighted by Crippen LogP contribution is -2.48. The van der Waals surface area contributed by atoms with Crippen molar-refractivity contribution in [2.24, 2.45) is 0 Å². The Morgan fingerprint density at radius 2 is 1.66 bits per heavy atom. The number of likely N-dealkylation sites (tertiary alicyclic amines) is 1. The van der Waals surface area contributed by atoms with Crippen LogP contribution >= 0.6 is 0 Å². The predicted molar refractivity (Wildman–Crippen MR) is 174 cm³/mol. The summed E-state index contributed by atoms with van der Waals surface area (Å²) in [4.78, 5) is 26.2. The number of ether oxygens (including phenoxy) is 3. The summed E-state index contributed by atoms with van der Waals surface area (Å²) >= 11 is 0. The summed E-state index contributed by atoms with van der Waals surface area (Å²) in [5, 5.41) is 2.38. The fraction of sp³-hybridized carbons (Fsp3) is 0.417. The minimum atomic E-state index is -0.556. The second kappa shape index (κ2) is 14.6. The van der Waals surface area contributed by atoms with E-state index in [1.807, 2.05) is 70.5 Å². The van der Waals surface area contributed by atoms with Gasteiger partial charge in [-0.2, -0.15) is 0 Å². The van der Waals surface area contributed by atoms with Gasteiger partial charge < -0.3 is 24.0 Å². The molecule has 8 nitrogen and oxygen atoms in total. The third kappa shape index (κ3) is 8.77. The van der Waals surface area contributed by atoms with Crippen LogP contribution in [-0.2, 0) is 27.4 Å². The van der Waals surface area contributed by atoms with E-state index in [-0.39, 0.29) is 18.1 Å². The van der Waals surface area contributed by atoms with Crippen LogP contribution in [0.25, 0.3) is 10.8 Å². The second-order valence-corrected chi connectivity index (χ2v) is 12.5. The lowest BCUT2D eigenvalue weighted by Gasteiger charge is -2.39. The second-order valence-electron chi connectivity index (χ2n) is 12.5. The number of carbonyl (C=O) groups is 1. The van der Waals surface area contributed by atoms with Gasteiger partial charge in [0.25, 0.3) is 0 Å². The maximum absolute atomic E-state index is 13.0. The number of carbonyl (C=O) groups excluding carboxylic acids is 1. The standard InChI is InChI=1S/C36H44N4O4/c1-36(2,3)44-35(41)40-19-17-32(33(24-40)43-26-28-15-16-29-13-8-9-14-30(29)21-28)31-22-37-34(38-23-31)39(4)18-10-20-42-25-27-11-6-5-7-12-27/h5-9,11-16,21-23,32-33H,10,17-20,24-26H2,1-4H3. The molecule has 1 fully saturated rings. The Morgan fingerprint density at radius 1 is 0.932 bits per heavy atom. The molecular formula is C36H44N4O4. The molecule has 232 valence electrons. The zero-order valence-electron chi connectivity index (χ0n) is 26.3. The van der Waals surface area contributed by atoms with Gasteiger partial charge in [-0.05, 0) is 67.1 Å². The van der Waals surface area contributed by atoms with Gasteiger partial charge in [0.2, 0.25) is 5.95 Å². The SMILES string of the molecule is CN(CCCOCc1ccccc1)c1ncc(C2CCN(C(=O)OC(C)(C)C)CC2OCc2ccc3ccccc3c2)cn1. The van der Waals surface area contributed by atoms with Crippen LogP contribution in [0, 0.1) is 0 Å². The number of amides is 1. The Hall–Kier alpha value is -4.01. The van der Waals surface area contributed by atoms with Crippen LogP contribution in [0.4, 0.5) is 10.7 Å². The first-order valence-electron chi connectivity index (χ1n) is 15.5. The number of nitrogens with zero attached hydrogens (tertiary/aromatic N) is 4. The molecule has 1 amide bonds. The van der Waals surface area contributed by atoms with E-state index in [9.17, 15) is 4.79 Å². The van der Waals surface area contributed by atoms with Gasteiger partial charge in [0.1, 0.15) is 5.60 Å². The van der Waals surface area contributed by atoms with E-state index in [0.717, 1.165) is 30.5 Å². The van der Waals surface area contributed by atoms with Crippen LogP contribution in [0.3, 0.4) is 0 Å². The summed E-state index contributed by atoms with van der Waals surface area (Å²) in [7, 11) is 2.00. The highest BCUT2D eigenvalue weighted by atomic mass is 16.6. The number of benzene rings is 3. The molecular weight excluding hydrogens is 552 g/mol. The fourth-order valence-electron chi connectivity index (χ4n) is 5.48. The molecule has 8 heteroatoms. The molecule has 4 aromatic rings. The van der Waals surface area contributed by atoms with Gasteiger partial charge in [-0.25, -0.2) is 14.8 Å². The zero-order valence-corrected chi connectivity index (χ0v) is 26.3. The summed E-state index contributed by atoms with van der Waals surface area (Å²) in [5.74, 6) is 0.733. The van der Waals surface area contributed by atoms with E-state index < -0.39 is 5.60 Å². The van der Waals surface area contributed by atoms with E-state index in [1.165, 1.54) is 16.3 Å². The molecule has 0 aliphatic carbocycles. The highest BCUT2D eigenvalue weighted by Crippen LogP contribution is 2.32. The van der Waals surface area contributed by atoms with Crippen LogP contribution in [0.5, 0.6) is 0 Å². The average molecular weight is 597 g/mol. The Balaban J connectivity index is 1.21. The molecule has 5 rings (SSSR count). The molecule has 1 saturated heterocycles. The summed E-state index contributed by atoms with van der Waals surface area (Å²) in [6.07, 6.45) is 4.89. The van der Waals surface area contributed by atoms with Gasteiger partial charge in [0.05, 0.1) is 25.9 Å². The summed E-state index contributed by atoms with van der Waals surface area (Å²) < 4.78 is 18.1. The van der Waals surface area contributed by atoms with Gasteiger partial charge in [-0.3, -0.25) is 0 Å². The highest BCUT2D eigenvalue weighted by molar-refractivity contribution is 5.82. The Bertz CT molecular complexity index is 1490. The monoisotopic (exact) mass is 596 g/mol. The van der Waals surface area contributed by atoms with Gasteiger partial charge in [-0.15, -0.1) is 0 Å². The van der Waals surface area contributed by atoms with Crippen molar-refractivity contribution >= 4 is 22.8 Å². The van der Waals surface area contributed by atoms with E-state index in [4.69, 9.17) is 24.2 Å². The summed E-state index contributed by atoms with van der Waals surface area (Å²) in [6.45, 7) is 9.22. The predicted octanol–water partition coefficient (Wildman–Crippen LogP) is 6.98. The molecule has 2 atom stereocenters. The molecule has 3 aromatic carbocycles. The maximum Gasteiger partial charge on any atom is 0.410 e. The average Bonchev–Trinajstić information content (AvgIpc) is 3.03. The molecule has 1 aromatic heterocycles. The van der Waals surface area contributed by atoms with Crippen LogP contribution in [0.15, 0.2) is 85.2 Å². The van der Waals surface area contributed by atoms with Crippen LogP contribution < -0.4 is 4.90 Å².